The number of nitrogen functional groups attached to an aromatic ring is 1. The summed E-state index contributed by atoms with van der Waals surface area (Å²) < 4.78 is 33.2. The van der Waals surface area contributed by atoms with Crippen LogP contribution >= 0.6 is 0 Å². The Balaban J connectivity index is 0.00000432. The molecule has 0 bridgehead atoms. The van der Waals surface area contributed by atoms with Crippen molar-refractivity contribution >= 4 is 55.0 Å². The number of azo groups is 1. The first-order valence-corrected chi connectivity index (χ1v) is 9.95. The monoisotopic (exact) mass is 587 g/mol. The van der Waals surface area contributed by atoms with Gasteiger partial charge >= 0.3 is 40.9 Å². The van der Waals surface area contributed by atoms with E-state index in [0.717, 1.165) is 12.1 Å². The Kier molecular flexibility index (Phi) is 11.0. The van der Waals surface area contributed by atoms with Gasteiger partial charge in [-0.15, -0.1) is 10.2 Å². The molecule has 7 N–H and O–H groups in total. The molecule has 0 spiro atoms. The molecular formula is C16H12CrN6NaO12S+. The molecule has 0 saturated carbocycles. The van der Waals surface area contributed by atoms with E-state index >= 15 is 0 Å². The predicted molar refractivity (Wildman–Crippen MR) is 116 cm³/mol. The molecule has 0 amide bonds. The van der Waals surface area contributed by atoms with E-state index in [0.29, 0.717) is 18.2 Å². The van der Waals surface area contributed by atoms with Crippen molar-refractivity contribution in [2.75, 3.05) is 5.73 Å². The number of phenolic OH excluding ortho intramolecular Hbond substituents is 2. The molecule has 0 heterocycles. The molecule has 37 heavy (non-hydrogen) atoms. The van der Waals surface area contributed by atoms with Crippen LogP contribution in [0.25, 0.3) is 10.8 Å². The van der Waals surface area contributed by atoms with Gasteiger partial charge < -0.3 is 21.4 Å². The first-order chi connectivity index (χ1) is 15.7. The summed E-state index contributed by atoms with van der Waals surface area (Å²) in [5.41, 5.74) is 1.13. The quantitative estimate of drug-likeness (QED) is 0.0701. The Bertz CT molecular complexity index is 1570. The van der Waals surface area contributed by atoms with E-state index in [-0.39, 0.29) is 52.4 Å². The van der Waals surface area contributed by atoms with Gasteiger partial charge in [-0.05, 0) is 12.1 Å². The van der Waals surface area contributed by atoms with Crippen LogP contribution in [0.5, 0.6) is 11.5 Å². The van der Waals surface area contributed by atoms with Crippen molar-refractivity contribution < 1.29 is 90.3 Å². The molecule has 0 radical (unpaired) electrons. The molecule has 3 aromatic carbocycles. The van der Waals surface area contributed by atoms with Crippen LogP contribution in [0.1, 0.15) is 0 Å². The number of nitro benzene ring substituents is 3. The number of non-ortho nitro benzene ring substituents is 1. The first kappa shape index (κ1) is 33.5. The molecule has 0 aromatic heterocycles. The fraction of sp³-hybridized carbons (Fsp3) is 0. The number of fused-ring (bicyclic) bond motifs is 1. The minimum absolute atomic E-state index is 0. The van der Waals surface area contributed by atoms with Crippen LogP contribution in [0.15, 0.2) is 45.5 Å². The van der Waals surface area contributed by atoms with Gasteiger partial charge in [-0.3, -0.25) is 34.9 Å². The van der Waals surface area contributed by atoms with E-state index in [4.69, 9.17) is 5.73 Å². The van der Waals surface area contributed by atoms with Gasteiger partial charge in [-0.2, -0.15) is 8.42 Å². The molecule has 0 aliphatic carbocycles. The van der Waals surface area contributed by atoms with Gasteiger partial charge in [0.25, 0.3) is 15.8 Å². The average Bonchev–Trinajstić information content (AvgIpc) is 2.72. The number of hydrogen-bond donors (Lipinski definition) is 4. The van der Waals surface area contributed by atoms with Crippen LogP contribution in [0.2, 0.25) is 0 Å². The van der Waals surface area contributed by atoms with E-state index in [1.165, 1.54) is 0 Å². The Morgan fingerprint density at radius 1 is 0.838 bits per heavy atom. The van der Waals surface area contributed by atoms with Crippen LogP contribution in [-0.2, 0) is 27.5 Å². The summed E-state index contributed by atoms with van der Waals surface area (Å²) in [6.45, 7) is 0. The van der Waals surface area contributed by atoms with Crippen LogP contribution in [0, 0.1) is 30.3 Å². The Labute approximate surface area is 237 Å². The second-order valence-electron chi connectivity index (χ2n) is 6.44. The number of nitro groups is 3. The number of nitrogens with two attached hydrogens (primary N) is 1. The average molecular weight is 587 g/mol. The van der Waals surface area contributed by atoms with E-state index in [9.17, 15) is 53.5 Å². The number of phenols is 2. The number of anilines is 1. The summed E-state index contributed by atoms with van der Waals surface area (Å²) in [6.07, 6.45) is 0. The molecule has 0 aliphatic heterocycles. The minimum Gasteiger partial charge on any atom is -0.502 e. The van der Waals surface area contributed by atoms with Crippen molar-refractivity contribution in [3.8, 4) is 11.5 Å². The standard InChI is InChI=1S/C16H10N6O11S.Cr.Na.H2O/c17-14-8(18-19-9-3-6(20(25)26)4-11(15(9)23)22(29)30)5-12(34(31,32)33)7-1-2-10(21(27)28)16(24)13(7)14;;;/h1-5,23-24H,17H2,(H,31,32,33);;;1H2/q;;+1;. The summed E-state index contributed by atoms with van der Waals surface area (Å²) in [6, 6.07) is 3.43. The maximum Gasteiger partial charge on any atom is 1.00 e. The van der Waals surface area contributed by atoms with Crippen LogP contribution < -0.4 is 35.3 Å². The van der Waals surface area contributed by atoms with Gasteiger partial charge in [0.2, 0.25) is 11.5 Å². The molecule has 3 rings (SSSR count). The van der Waals surface area contributed by atoms with E-state index < -0.39 is 86.2 Å². The molecule has 190 valence electrons. The molecule has 3 aromatic rings. The molecule has 18 nitrogen and oxygen atoms in total. The SMILES string of the molecule is Nc1c(N=Nc2cc([N+](=O)[O-])cc([N+](=O)[O-])c2O)cc(S(=O)(=O)O)c2ccc([N+](=O)[O-])c(O)c12.O.[Cr].[Na+]. The molecular weight excluding hydrogens is 575 g/mol. The van der Waals surface area contributed by atoms with Crippen LogP contribution in [0.3, 0.4) is 0 Å². The smallest absolute Gasteiger partial charge is 0.502 e. The summed E-state index contributed by atoms with van der Waals surface area (Å²) in [7, 11) is -5.01. The number of benzene rings is 3. The van der Waals surface area contributed by atoms with Gasteiger partial charge in [-0.1, -0.05) is 0 Å². The summed E-state index contributed by atoms with van der Waals surface area (Å²) >= 11 is 0. The predicted octanol–water partition coefficient (Wildman–Crippen LogP) is -0.603. The molecule has 0 atom stereocenters. The van der Waals surface area contributed by atoms with Crippen molar-refractivity contribution in [1.29, 1.82) is 0 Å². The molecule has 0 fully saturated rings. The Morgan fingerprint density at radius 3 is 1.86 bits per heavy atom. The zero-order valence-electron chi connectivity index (χ0n) is 18.1. The fourth-order valence-electron chi connectivity index (χ4n) is 2.93. The maximum absolute atomic E-state index is 11.8. The molecule has 0 saturated heterocycles. The second kappa shape index (κ2) is 12.2. The topological polar surface area (TPSA) is 306 Å². The number of hydrogen-bond acceptors (Lipinski definition) is 13. The van der Waals surface area contributed by atoms with E-state index in [2.05, 4.69) is 10.2 Å². The van der Waals surface area contributed by atoms with Crippen molar-refractivity contribution in [1.82, 2.24) is 0 Å². The minimum atomic E-state index is -5.01. The van der Waals surface area contributed by atoms with Gasteiger partial charge in [-0.25, -0.2) is 0 Å². The number of rotatable bonds is 6. The fourth-order valence-corrected chi connectivity index (χ4v) is 3.64. The summed E-state index contributed by atoms with van der Waals surface area (Å²) in [4.78, 5) is 29.2. The van der Waals surface area contributed by atoms with Crippen molar-refractivity contribution in [2.24, 2.45) is 10.2 Å². The van der Waals surface area contributed by atoms with E-state index in [1.807, 2.05) is 0 Å². The third-order valence-electron chi connectivity index (χ3n) is 4.44. The van der Waals surface area contributed by atoms with Crippen molar-refractivity contribution in [2.45, 2.75) is 4.90 Å². The second-order valence-corrected chi connectivity index (χ2v) is 7.83. The molecule has 0 aliphatic rings. The third kappa shape index (κ3) is 6.45. The Hall–Kier alpha value is -3.48. The zero-order valence-corrected chi connectivity index (χ0v) is 22.2. The van der Waals surface area contributed by atoms with Gasteiger partial charge in [0, 0.05) is 34.9 Å². The van der Waals surface area contributed by atoms with Crippen LogP contribution in [0.4, 0.5) is 34.1 Å². The number of aromatic hydroxyl groups is 2. The van der Waals surface area contributed by atoms with Gasteiger partial charge in [0.15, 0.2) is 0 Å². The first-order valence-electron chi connectivity index (χ1n) is 8.51. The zero-order chi connectivity index (χ0) is 25.5. The summed E-state index contributed by atoms with van der Waals surface area (Å²) in [5.74, 6) is -2.18. The van der Waals surface area contributed by atoms with E-state index in [1.54, 1.807) is 0 Å². The van der Waals surface area contributed by atoms with Crippen LogP contribution in [-0.4, -0.2) is 43.4 Å². The van der Waals surface area contributed by atoms with Gasteiger partial charge in [0.05, 0.1) is 31.9 Å². The Morgan fingerprint density at radius 2 is 1.38 bits per heavy atom. The number of nitrogens with zero attached hydrogens (tertiary/aromatic N) is 5. The van der Waals surface area contributed by atoms with Gasteiger partial charge in [0.1, 0.15) is 16.3 Å². The van der Waals surface area contributed by atoms with Crippen molar-refractivity contribution in [3.05, 3.63) is 60.7 Å². The third-order valence-corrected chi connectivity index (χ3v) is 5.33. The normalized spacial score (nSPS) is 10.7. The van der Waals surface area contributed by atoms with Crippen molar-refractivity contribution in [3.63, 3.8) is 0 Å². The molecule has 21 heteroatoms. The maximum atomic E-state index is 11.8. The molecule has 0 unspecified atom stereocenters. The summed E-state index contributed by atoms with van der Waals surface area (Å²) in [5, 5.41) is 59.4. The largest absolute Gasteiger partial charge is 1.00 e.